The number of carbonyl (C=O) groups is 1. The molecule has 1 aromatic carbocycles. The third kappa shape index (κ3) is 3.78. The highest BCUT2D eigenvalue weighted by atomic mass is 35.5. The van der Waals surface area contributed by atoms with Crippen LogP contribution in [0.1, 0.15) is 11.1 Å². The van der Waals surface area contributed by atoms with Gasteiger partial charge in [0, 0.05) is 36.4 Å². The molecule has 1 aromatic heterocycles. The second-order valence-corrected chi connectivity index (χ2v) is 5.95. The van der Waals surface area contributed by atoms with E-state index >= 15 is 0 Å². The van der Waals surface area contributed by atoms with E-state index in [0.29, 0.717) is 6.54 Å². The van der Waals surface area contributed by atoms with Crippen LogP contribution in [-0.2, 0) is 13.1 Å². The summed E-state index contributed by atoms with van der Waals surface area (Å²) < 4.78 is 1.89. The molecular weight excluding hydrogens is 304 g/mol. The lowest BCUT2D eigenvalue weighted by Crippen LogP contribution is -2.58. The van der Waals surface area contributed by atoms with Gasteiger partial charge in [-0.2, -0.15) is 5.10 Å². The van der Waals surface area contributed by atoms with Crippen LogP contribution in [0.5, 0.6) is 0 Å². The molecule has 0 bridgehead atoms. The van der Waals surface area contributed by atoms with E-state index in [1.165, 1.54) is 0 Å². The summed E-state index contributed by atoms with van der Waals surface area (Å²) in [6, 6.07) is 7.76. The molecule has 0 atom stereocenters. The number of hydrogen-bond acceptors (Lipinski definition) is 3. The second kappa shape index (κ2) is 6.37. The minimum Gasteiger partial charge on any atom is -0.465 e. The molecule has 1 saturated heterocycles. The van der Waals surface area contributed by atoms with Crippen molar-refractivity contribution in [3.8, 4) is 0 Å². The molecule has 0 spiro atoms. The van der Waals surface area contributed by atoms with Gasteiger partial charge in [0.15, 0.2) is 0 Å². The van der Waals surface area contributed by atoms with Crippen molar-refractivity contribution in [1.29, 1.82) is 0 Å². The average molecular weight is 321 g/mol. The smallest absolute Gasteiger partial charge is 0.404 e. The van der Waals surface area contributed by atoms with Gasteiger partial charge < -0.3 is 10.4 Å². The zero-order valence-corrected chi connectivity index (χ0v) is 12.7. The molecule has 6 nitrogen and oxygen atoms in total. The first-order valence-corrected chi connectivity index (χ1v) is 7.44. The minimum atomic E-state index is -0.958. The third-order valence-corrected chi connectivity index (χ3v) is 3.89. The lowest BCUT2D eigenvalue weighted by molar-refractivity contribution is 0.111. The van der Waals surface area contributed by atoms with Gasteiger partial charge in [0.25, 0.3) is 0 Å². The number of hydrogen-bond donors (Lipinski definition) is 2. The number of aromatic nitrogens is 2. The zero-order chi connectivity index (χ0) is 15.5. The van der Waals surface area contributed by atoms with Crippen molar-refractivity contribution in [3.05, 3.63) is 52.8 Å². The maximum atomic E-state index is 10.5. The number of likely N-dealkylation sites (tertiary alicyclic amines) is 1. The van der Waals surface area contributed by atoms with Crippen LogP contribution in [0.4, 0.5) is 4.79 Å². The van der Waals surface area contributed by atoms with Crippen LogP contribution in [0.2, 0.25) is 5.02 Å². The Labute approximate surface area is 133 Å². The Bertz CT molecular complexity index is 650. The van der Waals surface area contributed by atoms with Gasteiger partial charge in [0.05, 0.1) is 18.8 Å². The van der Waals surface area contributed by atoms with Gasteiger partial charge in [-0.05, 0) is 17.7 Å². The monoisotopic (exact) mass is 320 g/mol. The van der Waals surface area contributed by atoms with Crippen molar-refractivity contribution >= 4 is 17.7 Å². The standard InChI is InChI=1S/C15H17ClN4O2/c16-13-3-1-11(2-4-13)7-20-8-12(5-17-20)6-19-9-14(10-19)18-15(21)22/h1-5,8,14,18H,6-7,9-10H2,(H,21,22). The Morgan fingerprint density at radius 2 is 2.00 bits per heavy atom. The Hall–Kier alpha value is -2.05. The number of rotatable bonds is 5. The molecule has 1 fully saturated rings. The summed E-state index contributed by atoms with van der Waals surface area (Å²) in [4.78, 5) is 12.7. The van der Waals surface area contributed by atoms with Crippen LogP contribution in [0.3, 0.4) is 0 Å². The van der Waals surface area contributed by atoms with Crippen molar-refractivity contribution in [3.63, 3.8) is 0 Å². The van der Waals surface area contributed by atoms with Gasteiger partial charge in [0.1, 0.15) is 0 Å². The number of nitrogens with one attached hydrogen (secondary N) is 1. The summed E-state index contributed by atoms with van der Waals surface area (Å²) in [6.07, 6.45) is 2.92. The van der Waals surface area contributed by atoms with Gasteiger partial charge >= 0.3 is 6.09 Å². The predicted octanol–water partition coefficient (Wildman–Crippen LogP) is 2.04. The number of benzene rings is 1. The van der Waals surface area contributed by atoms with Crippen molar-refractivity contribution in [2.75, 3.05) is 13.1 Å². The normalized spacial score (nSPS) is 15.5. The number of carboxylic acid groups (broad SMARTS) is 1. The minimum absolute atomic E-state index is 0.0432. The first-order chi connectivity index (χ1) is 10.6. The van der Waals surface area contributed by atoms with E-state index in [1.54, 1.807) is 0 Å². The molecule has 0 aliphatic carbocycles. The number of amides is 1. The molecule has 2 aromatic rings. The highest BCUT2D eigenvalue weighted by molar-refractivity contribution is 6.30. The van der Waals surface area contributed by atoms with Crippen molar-refractivity contribution in [1.82, 2.24) is 20.0 Å². The molecule has 7 heteroatoms. The number of nitrogens with zero attached hydrogens (tertiary/aromatic N) is 3. The van der Waals surface area contributed by atoms with Gasteiger partial charge in [-0.1, -0.05) is 23.7 Å². The highest BCUT2D eigenvalue weighted by Gasteiger charge is 2.27. The first-order valence-electron chi connectivity index (χ1n) is 7.06. The van der Waals surface area contributed by atoms with E-state index in [0.717, 1.165) is 35.8 Å². The van der Waals surface area contributed by atoms with Crippen LogP contribution < -0.4 is 5.32 Å². The van der Waals surface area contributed by atoms with E-state index in [2.05, 4.69) is 15.3 Å². The summed E-state index contributed by atoms with van der Waals surface area (Å²) in [5.74, 6) is 0. The van der Waals surface area contributed by atoms with Gasteiger partial charge in [0.2, 0.25) is 0 Å². The molecule has 1 aliphatic heterocycles. The van der Waals surface area contributed by atoms with Crippen molar-refractivity contribution in [2.45, 2.75) is 19.1 Å². The van der Waals surface area contributed by atoms with Crippen molar-refractivity contribution < 1.29 is 9.90 Å². The predicted molar refractivity (Wildman–Crippen MR) is 83.0 cm³/mol. The zero-order valence-electron chi connectivity index (χ0n) is 11.9. The Kier molecular flexibility index (Phi) is 4.31. The third-order valence-electron chi connectivity index (χ3n) is 3.64. The molecule has 22 heavy (non-hydrogen) atoms. The lowest BCUT2D eigenvalue weighted by Gasteiger charge is -2.38. The number of halogens is 1. The van der Waals surface area contributed by atoms with E-state index < -0.39 is 6.09 Å². The summed E-state index contributed by atoms with van der Waals surface area (Å²) in [6.45, 7) is 2.99. The Morgan fingerprint density at radius 3 is 2.68 bits per heavy atom. The van der Waals surface area contributed by atoms with Gasteiger partial charge in [-0.3, -0.25) is 9.58 Å². The second-order valence-electron chi connectivity index (χ2n) is 5.51. The van der Waals surface area contributed by atoms with Crippen LogP contribution in [0.15, 0.2) is 36.7 Å². The maximum absolute atomic E-state index is 10.5. The molecule has 0 saturated carbocycles. The molecule has 0 radical (unpaired) electrons. The molecular formula is C15H17ClN4O2. The van der Waals surface area contributed by atoms with E-state index in [1.807, 2.05) is 41.3 Å². The fourth-order valence-electron chi connectivity index (χ4n) is 2.57. The Morgan fingerprint density at radius 1 is 1.27 bits per heavy atom. The molecule has 0 unspecified atom stereocenters. The lowest BCUT2D eigenvalue weighted by atomic mass is 10.1. The van der Waals surface area contributed by atoms with Crippen LogP contribution in [0, 0.1) is 0 Å². The largest absolute Gasteiger partial charge is 0.465 e. The fourth-order valence-corrected chi connectivity index (χ4v) is 2.70. The highest BCUT2D eigenvalue weighted by Crippen LogP contribution is 2.14. The summed E-state index contributed by atoms with van der Waals surface area (Å²) in [5, 5.41) is 16.2. The molecule has 1 aliphatic rings. The van der Waals surface area contributed by atoms with E-state index in [-0.39, 0.29) is 6.04 Å². The summed E-state index contributed by atoms with van der Waals surface area (Å²) >= 11 is 5.87. The molecule has 2 heterocycles. The SMILES string of the molecule is O=C(O)NC1CN(Cc2cnn(Cc3ccc(Cl)cc3)c2)C1. The average Bonchev–Trinajstić information content (AvgIpc) is 2.86. The van der Waals surface area contributed by atoms with Gasteiger partial charge in [-0.15, -0.1) is 0 Å². The van der Waals surface area contributed by atoms with Crippen LogP contribution in [0.25, 0.3) is 0 Å². The fraction of sp³-hybridized carbons (Fsp3) is 0.333. The molecule has 2 N–H and O–H groups in total. The van der Waals surface area contributed by atoms with Crippen molar-refractivity contribution in [2.24, 2.45) is 0 Å². The van der Waals surface area contributed by atoms with E-state index in [9.17, 15) is 4.79 Å². The topological polar surface area (TPSA) is 70.4 Å². The van der Waals surface area contributed by atoms with Gasteiger partial charge in [-0.25, -0.2) is 4.79 Å². The van der Waals surface area contributed by atoms with Crippen LogP contribution in [-0.4, -0.2) is 45.0 Å². The molecule has 1 amide bonds. The maximum Gasteiger partial charge on any atom is 0.404 e. The quantitative estimate of drug-likeness (QED) is 0.884. The first kappa shape index (κ1) is 14.9. The molecule has 116 valence electrons. The molecule has 3 rings (SSSR count). The summed E-state index contributed by atoms with van der Waals surface area (Å²) in [5.41, 5.74) is 2.27. The Balaban J connectivity index is 1.50. The van der Waals surface area contributed by atoms with E-state index in [4.69, 9.17) is 16.7 Å². The van der Waals surface area contributed by atoms with Crippen LogP contribution >= 0.6 is 11.6 Å². The summed E-state index contributed by atoms with van der Waals surface area (Å²) in [7, 11) is 0.